The minimum absolute atomic E-state index is 0.104. The van der Waals surface area contributed by atoms with Crippen LogP contribution in [0.1, 0.15) is 27.4 Å². The number of imidazole rings is 1. The molecular formula is C21H14BrF3N6O. The molecule has 162 valence electrons. The number of nitrogen functional groups attached to an aromatic ring is 1. The number of rotatable bonds is 3. The molecule has 0 bridgehead atoms. The van der Waals surface area contributed by atoms with Gasteiger partial charge >= 0.3 is 6.18 Å². The van der Waals surface area contributed by atoms with Gasteiger partial charge in [0.25, 0.3) is 0 Å². The highest BCUT2D eigenvalue weighted by atomic mass is 79.9. The lowest BCUT2D eigenvalue weighted by Crippen LogP contribution is -2.07. The Morgan fingerprint density at radius 1 is 1.12 bits per heavy atom. The van der Waals surface area contributed by atoms with Crippen molar-refractivity contribution in [1.29, 1.82) is 0 Å². The Morgan fingerprint density at radius 2 is 1.91 bits per heavy atom. The lowest BCUT2D eigenvalue weighted by Gasteiger charge is -2.08. The number of alkyl halides is 3. The van der Waals surface area contributed by atoms with E-state index in [1.165, 1.54) is 23.0 Å². The molecule has 0 spiro atoms. The normalized spacial score (nSPS) is 12.2. The van der Waals surface area contributed by atoms with Crippen LogP contribution in [0, 0.1) is 6.92 Å². The second kappa shape index (κ2) is 6.95. The molecule has 0 unspecified atom stereocenters. The van der Waals surface area contributed by atoms with E-state index < -0.39 is 17.5 Å². The molecule has 7 nitrogen and oxygen atoms in total. The van der Waals surface area contributed by atoms with Gasteiger partial charge in [0.05, 0.1) is 39.7 Å². The Morgan fingerprint density at radius 3 is 2.66 bits per heavy atom. The Labute approximate surface area is 186 Å². The van der Waals surface area contributed by atoms with Crippen molar-refractivity contribution in [2.45, 2.75) is 13.1 Å². The maximum absolute atomic E-state index is 13.2. The molecule has 0 saturated heterocycles. The van der Waals surface area contributed by atoms with E-state index in [9.17, 15) is 18.0 Å². The Bertz CT molecular complexity index is 1530. The molecule has 3 aromatic heterocycles. The molecule has 0 fully saturated rings. The minimum Gasteiger partial charge on any atom is -0.383 e. The van der Waals surface area contributed by atoms with Gasteiger partial charge in [0, 0.05) is 15.4 Å². The fourth-order valence-corrected chi connectivity index (χ4v) is 4.22. The summed E-state index contributed by atoms with van der Waals surface area (Å²) in [6.45, 7) is 1.84. The van der Waals surface area contributed by atoms with Crippen molar-refractivity contribution in [3.63, 3.8) is 0 Å². The predicted molar refractivity (Wildman–Crippen MR) is 117 cm³/mol. The van der Waals surface area contributed by atoms with Crippen molar-refractivity contribution in [2.75, 3.05) is 5.73 Å². The molecule has 0 radical (unpaired) electrons. The number of fused-ring (bicyclic) bond motifs is 2. The SMILES string of the molecule is Cc1nc2ccc(-n3ncc(C(=O)c4cc5cc(Br)c(C(F)(F)F)cc5[nH]4)c3N)cc2[nH]1. The number of nitrogens with two attached hydrogens (primary N) is 1. The Balaban J connectivity index is 1.53. The molecular weight excluding hydrogens is 489 g/mol. The number of aromatic nitrogens is 5. The molecule has 0 aliphatic carbocycles. The molecule has 32 heavy (non-hydrogen) atoms. The number of ketones is 1. The van der Waals surface area contributed by atoms with Gasteiger partial charge in [-0.05, 0) is 43.3 Å². The van der Waals surface area contributed by atoms with Crippen LogP contribution in [0.3, 0.4) is 0 Å². The van der Waals surface area contributed by atoms with Crippen molar-refractivity contribution in [3.05, 3.63) is 69.7 Å². The van der Waals surface area contributed by atoms with Gasteiger partial charge < -0.3 is 15.7 Å². The second-order valence-electron chi connectivity index (χ2n) is 7.31. The van der Waals surface area contributed by atoms with Gasteiger partial charge in [-0.1, -0.05) is 15.9 Å². The summed E-state index contributed by atoms with van der Waals surface area (Å²) in [4.78, 5) is 23.3. The van der Waals surface area contributed by atoms with Gasteiger partial charge in [0.2, 0.25) is 5.78 Å². The fourth-order valence-electron chi connectivity index (χ4n) is 3.63. The minimum atomic E-state index is -4.53. The number of nitrogens with zero attached hydrogens (tertiary/aromatic N) is 3. The molecule has 5 rings (SSSR count). The predicted octanol–water partition coefficient (Wildman–Crippen LogP) is 5.13. The first-order valence-electron chi connectivity index (χ1n) is 9.36. The average Bonchev–Trinajstić information content (AvgIpc) is 3.40. The van der Waals surface area contributed by atoms with E-state index in [0.29, 0.717) is 11.1 Å². The number of aryl methyl sites for hydroxylation is 1. The van der Waals surface area contributed by atoms with E-state index in [-0.39, 0.29) is 27.1 Å². The molecule has 0 aliphatic heterocycles. The Kier molecular flexibility index (Phi) is 4.41. The molecule has 0 amide bonds. The summed E-state index contributed by atoms with van der Waals surface area (Å²) in [6, 6.07) is 9.17. The van der Waals surface area contributed by atoms with Gasteiger partial charge in [0.1, 0.15) is 11.6 Å². The lowest BCUT2D eigenvalue weighted by atomic mass is 10.1. The molecule has 0 aliphatic rings. The van der Waals surface area contributed by atoms with E-state index in [0.717, 1.165) is 22.9 Å². The van der Waals surface area contributed by atoms with Gasteiger partial charge in [-0.15, -0.1) is 0 Å². The zero-order valence-corrected chi connectivity index (χ0v) is 18.0. The van der Waals surface area contributed by atoms with Gasteiger partial charge in [-0.2, -0.15) is 18.3 Å². The summed E-state index contributed by atoms with van der Waals surface area (Å²) in [5, 5.41) is 4.68. The van der Waals surface area contributed by atoms with Crippen LogP contribution in [0.15, 0.2) is 47.1 Å². The zero-order chi connectivity index (χ0) is 22.8. The van der Waals surface area contributed by atoms with Crippen LogP contribution in [0.2, 0.25) is 0 Å². The number of hydrogen-bond acceptors (Lipinski definition) is 4. The van der Waals surface area contributed by atoms with Crippen LogP contribution in [0.5, 0.6) is 0 Å². The third kappa shape index (κ3) is 3.25. The van der Waals surface area contributed by atoms with Crippen molar-refractivity contribution in [2.24, 2.45) is 0 Å². The highest BCUT2D eigenvalue weighted by Gasteiger charge is 2.33. The van der Waals surface area contributed by atoms with Crippen molar-refractivity contribution < 1.29 is 18.0 Å². The third-order valence-electron chi connectivity index (χ3n) is 5.14. The van der Waals surface area contributed by atoms with Crippen molar-refractivity contribution in [1.82, 2.24) is 24.7 Å². The highest BCUT2D eigenvalue weighted by molar-refractivity contribution is 9.10. The topological polar surface area (TPSA) is 105 Å². The number of H-pyrrole nitrogens is 2. The number of hydrogen-bond donors (Lipinski definition) is 3. The van der Waals surface area contributed by atoms with E-state index in [2.05, 4.69) is 36.0 Å². The van der Waals surface area contributed by atoms with E-state index in [1.54, 1.807) is 6.07 Å². The van der Waals surface area contributed by atoms with Crippen LogP contribution in [0.25, 0.3) is 27.6 Å². The second-order valence-corrected chi connectivity index (χ2v) is 8.16. The molecule has 11 heteroatoms. The van der Waals surface area contributed by atoms with Gasteiger partial charge in [-0.3, -0.25) is 4.79 Å². The first kappa shape index (κ1) is 20.3. The maximum Gasteiger partial charge on any atom is 0.417 e. The van der Waals surface area contributed by atoms with Crippen LogP contribution in [-0.4, -0.2) is 30.5 Å². The molecule has 3 heterocycles. The summed E-state index contributed by atoms with van der Waals surface area (Å²) in [5.74, 6) is 0.398. The molecule has 5 aromatic rings. The number of benzene rings is 2. The van der Waals surface area contributed by atoms with Crippen LogP contribution < -0.4 is 5.73 Å². The van der Waals surface area contributed by atoms with Crippen LogP contribution in [-0.2, 0) is 6.18 Å². The summed E-state index contributed by atoms with van der Waals surface area (Å²) in [5.41, 5.74) is 8.02. The molecule has 4 N–H and O–H groups in total. The number of carbonyl (C=O) groups is 1. The summed E-state index contributed by atoms with van der Waals surface area (Å²) in [7, 11) is 0. The highest BCUT2D eigenvalue weighted by Crippen LogP contribution is 2.37. The quantitative estimate of drug-likeness (QED) is 0.297. The van der Waals surface area contributed by atoms with E-state index in [1.807, 2.05) is 19.1 Å². The first-order chi connectivity index (χ1) is 15.1. The maximum atomic E-state index is 13.2. The van der Waals surface area contributed by atoms with Crippen molar-refractivity contribution in [3.8, 4) is 5.69 Å². The number of anilines is 1. The number of nitrogens with one attached hydrogen (secondary N) is 2. The first-order valence-corrected chi connectivity index (χ1v) is 10.2. The Hall–Kier alpha value is -3.60. The summed E-state index contributed by atoms with van der Waals surface area (Å²) in [6.07, 6.45) is -3.19. The molecule has 2 aromatic carbocycles. The number of carbonyl (C=O) groups excluding carboxylic acids is 1. The average molecular weight is 503 g/mol. The third-order valence-corrected chi connectivity index (χ3v) is 5.79. The standard InChI is InChI=1S/C21H14BrF3N6O/c1-9-28-15-3-2-11(6-17(15)29-9)31-20(26)12(8-27-31)19(32)18-5-10-4-14(22)13(21(23,24)25)7-16(10)30-18/h2-8,30H,26H2,1H3,(H,28,29). The van der Waals surface area contributed by atoms with Crippen LogP contribution >= 0.6 is 15.9 Å². The van der Waals surface area contributed by atoms with Crippen LogP contribution in [0.4, 0.5) is 19.0 Å². The fraction of sp³-hybridized carbons (Fsp3) is 0.0952. The number of aromatic amines is 2. The van der Waals surface area contributed by atoms with E-state index in [4.69, 9.17) is 5.73 Å². The smallest absolute Gasteiger partial charge is 0.383 e. The van der Waals surface area contributed by atoms with Crippen molar-refractivity contribution >= 4 is 49.5 Å². The zero-order valence-electron chi connectivity index (χ0n) is 16.4. The largest absolute Gasteiger partial charge is 0.417 e. The lowest BCUT2D eigenvalue weighted by molar-refractivity contribution is -0.138. The monoisotopic (exact) mass is 502 g/mol. The summed E-state index contributed by atoms with van der Waals surface area (Å²) >= 11 is 2.94. The molecule has 0 saturated carbocycles. The van der Waals surface area contributed by atoms with E-state index >= 15 is 0 Å². The van der Waals surface area contributed by atoms with Gasteiger partial charge in [-0.25, -0.2) is 9.67 Å². The molecule has 0 atom stereocenters. The number of halogens is 4. The van der Waals surface area contributed by atoms with Gasteiger partial charge in [0.15, 0.2) is 0 Å². The summed E-state index contributed by atoms with van der Waals surface area (Å²) < 4.78 is 40.9.